The molecule has 1 aromatic rings. The van der Waals surface area contributed by atoms with Crippen LogP contribution in [0.5, 0.6) is 0 Å². The lowest BCUT2D eigenvalue weighted by Gasteiger charge is -2.28. The van der Waals surface area contributed by atoms with Crippen molar-refractivity contribution < 1.29 is 14.7 Å². The molecule has 2 amide bonds. The minimum absolute atomic E-state index is 0.00964. The lowest BCUT2D eigenvalue weighted by atomic mass is 10.1. The smallest absolute Gasteiger partial charge is 0.254 e. The number of aliphatic hydroxyl groups excluding tert-OH is 1. The summed E-state index contributed by atoms with van der Waals surface area (Å²) in [6, 6.07) is 6.79. The first-order valence-corrected chi connectivity index (χ1v) is 7.41. The van der Waals surface area contributed by atoms with Gasteiger partial charge in [-0.15, -0.1) is 0 Å². The van der Waals surface area contributed by atoms with Crippen LogP contribution in [0.1, 0.15) is 43.0 Å². The van der Waals surface area contributed by atoms with Crippen molar-refractivity contribution in [3.8, 4) is 0 Å². The van der Waals surface area contributed by atoms with Gasteiger partial charge in [-0.1, -0.05) is 12.8 Å². The van der Waals surface area contributed by atoms with Gasteiger partial charge in [-0.05, 0) is 37.1 Å². The van der Waals surface area contributed by atoms with Gasteiger partial charge in [-0.3, -0.25) is 9.59 Å². The molecule has 0 aliphatic carbocycles. The maximum atomic E-state index is 12.6. The van der Waals surface area contributed by atoms with Crippen LogP contribution in [-0.4, -0.2) is 41.0 Å². The van der Waals surface area contributed by atoms with Crippen LogP contribution in [-0.2, 0) is 4.79 Å². The number of carbonyl (C=O) groups is 2. The summed E-state index contributed by atoms with van der Waals surface area (Å²) in [6.45, 7) is 2.15. The average Bonchev–Trinajstić information content (AvgIpc) is 2.71. The van der Waals surface area contributed by atoms with Gasteiger partial charge in [-0.25, -0.2) is 0 Å². The van der Waals surface area contributed by atoms with Gasteiger partial charge in [0.05, 0.1) is 12.6 Å². The standard InChI is InChI=1S/C16H22N2O3/c1-12(20)17-14-8-6-13(7-9-14)16(21)18-10-4-2-3-5-15(18)11-19/h6-9,15,19H,2-5,10-11H2,1H3,(H,17,20). The topological polar surface area (TPSA) is 69.6 Å². The van der Waals surface area contributed by atoms with Gasteiger partial charge in [0, 0.05) is 24.7 Å². The van der Waals surface area contributed by atoms with E-state index in [0.29, 0.717) is 17.8 Å². The lowest BCUT2D eigenvalue weighted by molar-refractivity contribution is -0.114. The van der Waals surface area contributed by atoms with Crippen molar-refractivity contribution >= 4 is 17.5 Å². The molecule has 0 bridgehead atoms. The summed E-state index contributed by atoms with van der Waals surface area (Å²) in [5, 5.41) is 12.2. The van der Waals surface area contributed by atoms with Crippen LogP contribution in [0, 0.1) is 0 Å². The van der Waals surface area contributed by atoms with Crippen LogP contribution in [0.15, 0.2) is 24.3 Å². The molecule has 5 nitrogen and oxygen atoms in total. The Hall–Kier alpha value is -1.88. The van der Waals surface area contributed by atoms with Crippen molar-refractivity contribution in [1.29, 1.82) is 0 Å². The van der Waals surface area contributed by atoms with E-state index in [1.165, 1.54) is 6.92 Å². The molecule has 1 fully saturated rings. The van der Waals surface area contributed by atoms with Crippen molar-refractivity contribution in [3.63, 3.8) is 0 Å². The van der Waals surface area contributed by atoms with Gasteiger partial charge >= 0.3 is 0 Å². The summed E-state index contributed by atoms with van der Waals surface area (Å²) in [7, 11) is 0. The summed E-state index contributed by atoms with van der Waals surface area (Å²) in [5.41, 5.74) is 1.26. The molecule has 1 atom stereocenters. The Labute approximate surface area is 125 Å². The number of benzene rings is 1. The van der Waals surface area contributed by atoms with Gasteiger partial charge in [0.1, 0.15) is 0 Å². The van der Waals surface area contributed by atoms with E-state index in [4.69, 9.17) is 0 Å². The predicted molar refractivity (Wildman–Crippen MR) is 81.1 cm³/mol. The van der Waals surface area contributed by atoms with E-state index in [9.17, 15) is 14.7 Å². The Balaban J connectivity index is 2.12. The van der Waals surface area contributed by atoms with Crippen LogP contribution < -0.4 is 5.32 Å². The number of amides is 2. The molecule has 0 aromatic heterocycles. The van der Waals surface area contributed by atoms with Gasteiger partial charge in [0.15, 0.2) is 0 Å². The Morgan fingerprint density at radius 2 is 1.95 bits per heavy atom. The predicted octanol–water partition coefficient (Wildman–Crippen LogP) is 2.02. The normalized spacial score (nSPS) is 19.0. The highest BCUT2D eigenvalue weighted by Gasteiger charge is 2.25. The van der Waals surface area contributed by atoms with Gasteiger partial charge in [0.2, 0.25) is 5.91 Å². The third-order valence-electron chi connectivity index (χ3n) is 3.80. The summed E-state index contributed by atoms with van der Waals surface area (Å²) >= 11 is 0. The third-order valence-corrected chi connectivity index (χ3v) is 3.80. The number of hydrogen-bond donors (Lipinski definition) is 2. The van der Waals surface area contributed by atoms with E-state index < -0.39 is 0 Å². The quantitative estimate of drug-likeness (QED) is 0.895. The van der Waals surface area contributed by atoms with Crippen molar-refractivity contribution in [1.82, 2.24) is 4.90 Å². The molecule has 1 unspecified atom stereocenters. The zero-order valence-corrected chi connectivity index (χ0v) is 12.3. The monoisotopic (exact) mass is 290 g/mol. The fraction of sp³-hybridized carbons (Fsp3) is 0.500. The summed E-state index contributed by atoms with van der Waals surface area (Å²) in [4.78, 5) is 25.3. The maximum absolute atomic E-state index is 12.6. The molecule has 1 aromatic carbocycles. The Kier molecular flexibility index (Phi) is 5.33. The Morgan fingerprint density at radius 3 is 2.57 bits per heavy atom. The van der Waals surface area contributed by atoms with E-state index in [0.717, 1.165) is 25.7 Å². The molecule has 0 radical (unpaired) electrons. The summed E-state index contributed by atoms with van der Waals surface area (Å²) < 4.78 is 0. The number of likely N-dealkylation sites (tertiary alicyclic amines) is 1. The lowest BCUT2D eigenvalue weighted by Crippen LogP contribution is -2.42. The summed E-state index contributed by atoms with van der Waals surface area (Å²) in [5.74, 6) is -0.188. The summed E-state index contributed by atoms with van der Waals surface area (Å²) in [6.07, 6.45) is 3.98. The maximum Gasteiger partial charge on any atom is 0.254 e. The zero-order chi connectivity index (χ0) is 15.2. The fourth-order valence-electron chi connectivity index (χ4n) is 2.70. The van der Waals surface area contributed by atoms with E-state index in [-0.39, 0.29) is 24.5 Å². The molecule has 0 spiro atoms. The number of carbonyl (C=O) groups excluding carboxylic acids is 2. The van der Waals surface area contributed by atoms with Crippen LogP contribution in [0.3, 0.4) is 0 Å². The average molecular weight is 290 g/mol. The van der Waals surface area contributed by atoms with Crippen molar-refractivity contribution in [3.05, 3.63) is 29.8 Å². The third kappa shape index (κ3) is 4.04. The molecule has 1 heterocycles. The molecule has 21 heavy (non-hydrogen) atoms. The fourth-order valence-corrected chi connectivity index (χ4v) is 2.70. The molecule has 1 aliphatic heterocycles. The van der Waals surface area contributed by atoms with Crippen molar-refractivity contribution in [2.75, 3.05) is 18.5 Å². The molecule has 2 rings (SSSR count). The number of anilines is 1. The minimum Gasteiger partial charge on any atom is -0.394 e. The van der Waals surface area contributed by atoms with Gasteiger partial charge < -0.3 is 15.3 Å². The second-order valence-electron chi connectivity index (χ2n) is 5.44. The highest BCUT2D eigenvalue weighted by Crippen LogP contribution is 2.20. The molecule has 1 saturated heterocycles. The van der Waals surface area contributed by atoms with Crippen molar-refractivity contribution in [2.45, 2.75) is 38.6 Å². The number of nitrogens with zero attached hydrogens (tertiary/aromatic N) is 1. The number of nitrogens with one attached hydrogen (secondary N) is 1. The molecular weight excluding hydrogens is 268 g/mol. The second kappa shape index (κ2) is 7.22. The van der Waals surface area contributed by atoms with E-state index in [1.54, 1.807) is 29.2 Å². The van der Waals surface area contributed by atoms with E-state index in [1.807, 2.05) is 0 Å². The highest BCUT2D eigenvalue weighted by atomic mass is 16.3. The second-order valence-corrected chi connectivity index (χ2v) is 5.44. The largest absolute Gasteiger partial charge is 0.394 e. The SMILES string of the molecule is CC(=O)Nc1ccc(C(=O)N2CCCCCC2CO)cc1. The molecule has 0 saturated carbocycles. The van der Waals surface area contributed by atoms with Crippen LogP contribution in [0.4, 0.5) is 5.69 Å². The van der Waals surface area contributed by atoms with E-state index >= 15 is 0 Å². The first-order chi connectivity index (χ1) is 10.1. The Morgan fingerprint density at radius 1 is 1.24 bits per heavy atom. The van der Waals surface area contributed by atoms with Crippen molar-refractivity contribution in [2.24, 2.45) is 0 Å². The molecule has 1 aliphatic rings. The van der Waals surface area contributed by atoms with Crippen LogP contribution in [0.2, 0.25) is 0 Å². The number of rotatable bonds is 3. The van der Waals surface area contributed by atoms with Gasteiger partial charge in [0.25, 0.3) is 5.91 Å². The molecule has 5 heteroatoms. The van der Waals surface area contributed by atoms with Crippen LogP contribution >= 0.6 is 0 Å². The number of hydrogen-bond acceptors (Lipinski definition) is 3. The molecule has 2 N–H and O–H groups in total. The minimum atomic E-state index is -0.137. The zero-order valence-electron chi connectivity index (χ0n) is 12.3. The first-order valence-electron chi connectivity index (χ1n) is 7.41. The number of aliphatic hydroxyl groups is 1. The van der Waals surface area contributed by atoms with Crippen LogP contribution in [0.25, 0.3) is 0 Å². The van der Waals surface area contributed by atoms with Gasteiger partial charge in [-0.2, -0.15) is 0 Å². The Bertz CT molecular complexity index is 499. The highest BCUT2D eigenvalue weighted by molar-refractivity contribution is 5.95. The molecular formula is C16H22N2O3. The molecule has 114 valence electrons. The first kappa shape index (κ1) is 15.5. The van der Waals surface area contributed by atoms with E-state index in [2.05, 4.69) is 5.32 Å².